The van der Waals surface area contributed by atoms with Gasteiger partial charge in [0, 0.05) is 25.4 Å². The van der Waals surface area contributed by atoms with Crippen molar-refractivity contribution in [3.8, 4) is 0 Å². The Morgan fingerprint density at radius 2 is 1.62 bits per heavy atom. The van der Waals surface area contributed by atoms with Gasteiger partial charge in [0.05, 0.1) is 10.5 Å². The first-order valence-corrected chi connectivity index (χ1v) is 14.1. The molecule has 0 saturated heterocycles. The van der Waals surface area contributed by atoms with Gasteiger partial charge in [0.1, 0.15) is 0 Å². The van der Waals surface area contributed by atoms with Crippen LogP contribution in [0.25, 0.3) is 0 Å². The molecule has 1 aromatic carbocycles. The number of unbranched alkanes of at least 4 members (excludes halogenated alkanes) is 2. The van der Waals surface area contributed by atoms with E-state index >= 15 is 0 Å². The fourth-order valence-corrected chi connectivity index (χ4v) is 6.76. The summed E-state index contributed by atoms with van der Waals surface area (Å²) in [4.78, 5) is 2.30. The van der Waals surface area contributed by atoms with E-state index in [1.807, 2.05) is 11.8 Å². The lowest BCUT2D eigenvalue weighted by atomic mass is 9.87. The highest BCUT2D eigenvalue weighted by molar-refractivity contribution is 7.99. The van der Waals surface area contributed by atoms with E-state index in [4.69, 9.17) is 0 Å². The Labute approximate surface area is 196 Å². The molecule has 0 amide bonds. The molecule has 0 aromatic heterocycles. The zero-order valence-electron chi connectivity index (χ0n) is 19.4. The van der Waals surface area contributed by atoms with Gasteiger partial charge in [-0.05, 0) is 81.6 Å². The van der Waals surface area contributed by atoms with Crippen molar-refractivity contribution in [1.82, 2.24) is 9.21 Å². The van der Waals surface area contributed by atoms with Gasteiger partial charge >= 0.3 is 6.18 Å². The summed E-state index contributed by atoms with van der Waals surface area (Å²) in [6, 6.07) is 3.66. The molecule has 9 heteroatoms. The summed E-state index contributed by atoms with van der Waals surface area (Å²) in [7, 11) is -0.0855. The molecule has 4 nitrogen and oxygen atoms in total. The van der Waals surface area contributed by atoms with Gasteiger partial charge in [0.25, 0.3) is 0 Å². The summed E-state index contributed by atoms with van der Waals surface area (Å²) in [5.74, 6) is 2.82. The van der Waals surface area contributed by atoms with Crippen molar-refractivity contribution in [3.05, 3.63) is 29.8 Å². The lowest BCUT2D eigenvalue weighted by Gasteiger charge is -2.34. The molecule has 32 heavy (non-hydrogen) atoms. The van der Waals surface area contributed by atoms with Crippen LogP contribution in [0.2, 0.25) is 0 Å². The highest BCUT2D eigenvalue weighted by atomic mass is 32.2. The number of thioether (sulfide) groups is 1. The third kappa shape index (κ3) is 8.22. The van der Waals surface area contributed by atoms with E-state index in [0.717, 1.165) is 74.5 Å². The van der Waals surface area contributed by atoms with E-state index in [2.05, 4.69) is 18.9 Å². The molecule has 0 radical (unpaired) electrons. The van der Waals surface area contributed by atoms with Crippen LogP contribution in [0.4, 0.5) is 13.2 Å². The van der Waals surface area contributed by atoms with Gasteiger partial charge in [-0.15, -0.1) is 0 Å². The maximum absolute atomic E-state index is 12.9. The molecule has 184 valence electrons. The number of nitrogens with zero attached hydrogens (tertiary/aromatic N) is 2. The quantitative estimate of drug-likeness (QED) is 0.348. The number of hydrogen-bond acceptors (Lipinski definition) is 4. The van der Waals surface area contributed by atoms with Crippen LogP contribution >= 0.6 is 11.8 Å². The molecule has 2 rings (SSSR count). The summed E-state index contributed by atoms with van der Waals surface area (Å²) in [6.45, 7) is 4.46. The smallest absolute Gasteiger partial charge is 0.306 e. The minimum Gasteiger partial charge on any atom is -0.306 e. The molecule has 0 N–H and O–H groups in total. The molecule has 0 atom stereocenters. The van der Waals surface area contributed by atoms with Crippen LogP contribution in [0, 0.1) is 5.92 Å². The number of rotatable bonds is 12. The van der Waals surface area contributed by atoms with Crippen LogP contribution in [0.3, 0.4) is 0 Å². The van der Waals surface area contributed by atoms with Crippen molar-refractivity contribution in [2.24, 2.45) is 5.92 Å². The molecule has 0 heterocycles. The maximum Gasteiger partial charge on any atom is 0.416 e. The number of hydrogen-bond donors (Lipinski definition) is 0. The second-order valence-corrected chi connectivity index (χ2v) is 12.0. The lowest BCUT2D eigenvalue weighted by Crippen LogP contribution is -2.39. The van der Waals surface area contributed by atoms with Crippen LogP contribution in [-0.4, -0.2) is 62.4 Å². The van der Waals surface area contributed by atoms with E-state index < -0.39 is 21.8 Å². The first-order chi connectivity index (χ1) is 15.1. The Morgan fingerprint density at radius 3 is 2.19 bits per heavy atom. The van der Waals surface area contributed by atoms with Crippen LogP contribution < -0.4 is 0 Å². The predicted molar refractivity (Wildman–Crippen MR) is 126 cm³/mol. The molecule has 0 unspecified atom stereocenters. The Morgan fingerprint density at radius 1 is 1.00 bits per heavy atom. The summed E-state index contributed by atoms with van der Waals surface area (Å²) < 4.78 is 65.4. The molecule has 1 saturated carbocycles. The maximum atomic E-state index is 12.9. The lowest BCUT2D eigenvalue weighted by molar-refractivity contribution is -0.137. The van der Waals surface area contributed by atoms with Gasteiger partial charge in [-0.3, -0.25) is 0 Å². The number of halogens is 3. The summed E-state index contributed by atoms with van der Waals surface area (Å²) >= 11 is 1.98. The molecular formula is C23H37F3N2O2S2. The standard InChI is InChI=1S/C23H37F3N2O2S2/c1-4-5-6-15-27(2)16-17-31-18-19-7-11-21(12-8-19)28(3)32(29,30)22-13-9-20(10-14-22)23(24,25)26/h9-10,13-14,19,21H,4-8,11-12,15-18H2,1-3H3. The Balaban J connectivity index is 1.76. The summed E-state index contributed by atoms with van der Waals surface area (Å²) in [5, 5.41) is 0. The van der Waals surface area contributed by atoms with Crippen molar-refractivity contribution in [2.45, 2.75) is 69.0 Å². The Bertz CT molecular complexity index is 777. The van der Waals surface area contributed by atoms with Crippen LogP contribution in [0.15, 0.2) is 29.2 Å². The van der Waals surface area contributed by atoms with Crippen LogP contribution in [0.5, 0.6) is 0 Å². The zero-order chi connectivity index (χ0) is 23.8. The van der Waals surface area contributed by atoms with Crippen molar-refractivity contribution in [3.63, 3.8) is 0 Å². The Hall–Kier alpha value is -0.770. The third-order valence-corrected chi connectivity index (χ3v) is 9.41. The summed E-state index contributed by atoms with van der Waals surface area (Å²) in [5.41, 5.74) is -0.843. The van der Waals surface area contributed by atoms with Gasteiger partial charge in [-0.2, -0.15) is 29.2 Å². The highest BCUT2D eigenvalue weighted by Crippen LogP contribution is 2.33. The van der Waals surface area contributed by atoms with Gasteiger partial charge < -0.3 is 4.90 Å². The monoisotopic (exact) mass is 494 g/mol. The molecular weight excluding hydrogens is 457 g/mol. The topological polar surface area (TPSA) is 40.6 Å². The van der Waals surface area contributed by atoms with Crippen molar-refractivity contribution in [1.29, 1.82) is 0 Å². The van der Waals surface area contributed by atoms with Crippen molar-refractivity contribution < 1.29 is 21.6 Å². The van der Waals surface area contributed by atoms with E-state index in [1.165, 1.54) is 23.6 Å². The first kappa shape index (κ1) is 27.5. The van der Waals surface area contributed by atoms with Gasteiger partial charge in [-0.25, -0.2) is 8.42 Å². The summed E-state index contributed by atoms with van der Waals surface area (Å²) in [6.07, 6.45) is 2.85. The molecule has 0 spiro atoms. The van der Waals surface area contributed by atoms with Gasteiger partial charge in [0.2, 0.25) is 10.0 Å². The van der Waals surface area contributed by atoms with Crippen molar-refractivity contribution in [2.75, 3.05) is 38.7 Å². The van der Waals surface area contributed by atoms with E-state index in [0.29, 0.717) is 5.92 Å². The van der Waals surface area contributed by atoms with E-state index in [1.54, 1.807) is 7.05 Å². The fraction of sp³-hybridized carbons (Fsp3) is 0.739. The molecule has 1 aromatic rings. The average Bonchev–Trinajstić information content (AvgIpc) is 2.76. The molecule has 1 fully saturated rings. The van der Waals surface area contributed by atoms with Gasteiger partial charge in [-0.1, -0.05) is 19.8 Å². The normalized spacial score (nSPS) is 20.2. The minimum absolute atomic E-state index is 0.0891. The number of sulfonamides is 1. The van der Waals surface area contributed by atoms with E-state index in [-0.39, 0.29) is 10.9 Å². The first-order valence-electron chi connectivity index (χ1n) is 11.5. The SMILES string of the molecule is CCCCCN(C)CCSCC1CCC(N(C)S(=O)(=O)c2ccc(C(F)(F)F)cc2)CC1. The molecule has 0 aliphatic heterocycles. The fourth-order valence-electron chi connectivity index (χ4n) is 4.07. The predicted octanol–water partition coefficient (Wildman–Crippen LogP) is 5.74. The number of alkyl halides is 3. The molecule has 1 aliphatic carbocycles. The molecule has 0 bridgehead atoms. The average molecular weight is 495 g/mol. The largest absolute Gasteiger partial charge is 0.416 e. The minimum atomic E-state index is -4.48. The number of benzene rings is 1. The van der Waals surface area contributed by atoms with Crippen LogP contribution in [-0.2, 0) is 16.2 Å². The van der Waals surface area contributed by atoms with Crippen LogP contribution in [0.1, 0.15) is 57.4 Å². The molecule has 1 aliphatic rings. The zero-order valence-corrected chi connectivity index (χ0v) is 21.0. The third-order valence-electron chi connectivity index (χ3n) is 6.30. The van der Waals surface area contributed by atoms with Gasteiger partial charge in [0.15, 0.2) is 0 Å². The van der Waals surface area contributed by atoms with E-state index in [9.17, 15) is 21.6 Å². The van der Waals surface area contributed by atoms with Crippen molar-refractivity contribution >= 4 is 21.8 Å². The second-order valence-electron chi connectivity index (χ2n) is 8.80. The second kappa shape index (κ2) is 12.6. The Kier molecular flexibility index (Phi) is 10.8. The highest BCUT2D eigenvalue weighted by Gasteiger charge is 2.33.